The highest BCUT2D eigenvalue weighted by Crippen LogP contribution is 2.14. The molecule has 0 unspecified atom stereocenters. The van der Waals surface area contributed by atoms with Gasteiger partial charge < -0.3 is 10.2 Å². The number of carbonyl (C=O) groups is 1. The Bertz CT molecular complexity index is 1050. The number of hydrogen-bond acceptors (Lipinski definition) is 6. The molecular formula is C21H23N5O3S. The minimum Gasteiger partial charge on any atom is -0.360 e. The Morgan fingerprint density at radius 3 is 2.27 bits per heavy atom. The molecule has 0 radical (unpaired) electrons. The topological polar surface area (TPSA) is 120 Å². The third-order valence-electron chi connectivity index (χ3n) is 4.83. The number of nitrogens with zero attached hydrogens (tertiary/aromatic N) is 3. The largest absolute Gasteiger partial charge is 0.360 e. The van der Waals surface area contributed by atoms with Crippen LogP contribution in [0.15, 0.2) is 71.3 Å². The minimum absolute atomic E-state index is 0.0120. The summed E-state index contributed by atoms with van der Waals surface area (Å²) >= 11 is 0. The summed E-state index contributed by atoms with van der Waals surface area (Å²) in [6.07, 6.45) is 1.34. The van der Waals surface area contributed by atoms with Crippen molar-refractivity contribution in [3.8, 4) is 6.07 Å². The van der Waals surface area contributed by atoms with Gasteiger partial charge in [-0.15, -0.1) is 0 Å². The number of amides is 1. The van der Waals surface area contributed by atoms with Gasteiger partial charge in [-0.3, -0.25) is 9.69 Å². The first-order chi connectivity index (χ1) is 14.4. The molecule has 2 aromatic rings. The fourth-order valence-electron chi connectivity index (χ4n) is 3.16. The van der Waals surface area contributed by atoms with E-state index in [4.69, 9.17) is 5.14 Å². The van der Waals surface area contributed by atoms with Gasteiger partial charge in [0.15, 0.2) is 0 Å². The van der Waals surface area contributed by atoms with E-state index < -0.39 is 10.0 Å². The van der Waals surface area contributed by atoms with Crippen LogP contribution < -0.4 is 10.5 Å². The maximum atomic E-state index is 12.7. The number of piperazine rings is 1. The SMILES string of the molecule is N#C/C(=C/Nc1ccc(S(N)(=O)=O)cc1)C(=O)N1CCN(Cc2ccccc2)CC1. The number of anilines is 1. The summed E-state index contributed by atoms with van der Waals surface area (Å²) in [5, 5.41) is 17.3. The molecule has 3 N–H and O–H groups in total. The number of sulfonamides is 1. The average Bonchev–Trinajstić information content (AvgIpc) is 2.75. The highest BCUT2D eigenvalue weighted by atomic mass is 32.2. The van der Waals surface area contributed by atoms with Crippen molar-refractivity contribution < 1.29 is 13.2 Å². The lowest BCUT2D eigenvalue weighted by molar-refractivity contribution is -0.128. The first-order valence-corrected chi connectivity index (χ1v) is 11.0. The quantitative estimate of drug-likeness (QED) is 0.535. The number of nitrogens with one attached hydrogen (secondary N) is 1. The van der Waals surface area contributed by atoms with Gasteiger partial charge in [-0.2, -0.15) is 5.26 Å². The summed E-state index contributed by atoms with van der Waals surface area (Å²) in [5.41, 5.74) is 1.75. The Labute approximate surface area is 176 Å². The Balaban J connectivity index is 1.56. The zero-order valence-electron chi connectivity index (χ0n) is 16.4. The normalized spacial score (nSPS) is 15.5. The highest BCUT2D eigenvalue weighted by Gasteiger charge is 2.23. The Morgan fingerprint density at radius 1 is 1.07 bits per heavy atom. The average molecular weight is 426 g/mol. The summed E-state index contributed by atoms with van der Waals surface area (Å²) in [6.45, 7) is 3.41. The maximum absolute atomic E-state index is 12.7. The van der Waals surface area contributed by atoms with Gasteiger partial charge in [0.05, 0.1) is 4.90 Å². The van der Waals surface area contributed by atoms with Gasteiger partial charge in [0.25, 0.3) is 5.91 Å². The number of nitrogens with two attached hydrogens (primary N) is 1. The predicted octanol–water partition coefficient (Wildman–Crippen LogP) is 1.50. The predicted molar refractivity (Wildman–Crippen MR) is 113 cm³/mol. The minimum atomic E-state index is -3.77. The lowest BCUT2D eigenvalue weighted by Crippen LogP contribution is -2.48. The molecule has 1 saturated heterocycles. The van der Waals surface area contributed by atoms with Gasteiger partial charge in [-0.05, 0) is 29.8 Å². The van der Waals surface area contributed by atoms with E-state index in [0.717, 1.165) is 19.6 Å². The van der Waals surface area contributed by atoms with Crippen molar-refractivity contribution in [3.05, 3.63) is 71.9 Å². The third-order valence-corrected chi connectivity index (χ3v) is 5.75. The van der Waals surface area contributed by atoms with Gasteiger partial charge in [0.2, 0.25) is 10.0 Å². The molecule has 1 heterocycles. The first-order valence-electron chi connectivity index (χ1n) is 9.42. The van der Waals surface area contributed by atoms with Crippen LogP contribution in [0.1, 0.15) is 5.56 Å². The van der Waals surface area contributed by atoms with Crippen LogP contribution in [0.3, 0.4) is 0 Å². The maximum Gasteiger partial charge on any atom is 0.266 e. The molecule has 8 nitrogen and oxygen atoms in total. The van der Waals surface area contributed by atoms with Crippen LogP contribution >= 0.6 is 0 Å². The lowest BCUT2D eigenvalue weighted by Gasteiger charge is -2.34. The molecule has 9 heteroatoms. The van der Waals surface area contributed by atoms with Crippen molar-refractivity contribution in [2.75, 3.05) is 31.5 Å². The van der Waals surface area contributed by atoms with Crippen molar-refractivity contribution in [2.24, 2.45) is 5.14 Å². The summed E-state index contributed by atoms with van der Waals surface area (Å²) < 4.78 is 22.6. The van der Waals surface area contributed by atoms with E-state index in [0.29, 0.717) is 18.8 Å². The van der Waals surface area contributed by atoms with Crippen molar-refractivity contribution in [1.29, 1.82) is 5.26 Å². The van der Waals surface area contributed by atoms with E-state index in [9.17, 15) is 18.5 Å². The summed E-state index contributed by atoms with van der Waals surface area (Å²) in [6, 6.07) is 17.8. The van der Waals surface area contributed by atoms with E-state index in [1.807, 2.05) is 24.3 Å². The van der Waals surface area contributed by atoms with E-state index in [1.54, 1.807) is 4.90 Å². The fraction of sp³-hybridized carbons (Fsp3) is 0.238. The molecule has 3 rings (SSSR count). The third kappa shape index (κ3) is 5.67. The zero-order chi connectivity index (χ0) is 21.6. The van der Waals surface area contributed by atoms with Crippen LogP contribution in [0, 0.1) is 11.3 Å². The zero-order valence-corrected chi connectivity index (χ0v) is 17.2. The molecule has 0 atom stereocenters. The van der Waals surface area contributed by atoms with Gasteiger partial charge in [-0.1, -0.05) is 30.3 Å². The molecule has 0 aromatic heterocycles. The van der Waals surface area contributed by atoms with Crippen LogP contribution in [-0.2, 0) is 21.4 Å². The second-order valence-corrected chi connectivity index (χ2v) is 8.50. The molecule has 1 amide bonds. The summed E-state index contributed by atoms with van der Waals surface area (Å²) in [7, 11) is -3.77. The lowest BCUT2D eigenvalue weighted by atomic mass is 10.2. The van der Waals surface area contributed by atoms with Crippen molar-refractivity contribution in [3.63, 3.8) is 0 Å². The van der Waals surface area contributed by atoms with Crippen LogP contribution in [0.2, 0.25) is 0 Å². The van der Waals surface area contributed by atoms with E-state index in [-0.39, 0.29) is 16.4 Å². The Morgan fingerprint density at radius 2 is 1.70 bits per heavy atom. The molecule has 156 valence electrons. The summed E-state index contributed by atoms with van der Waals surface area (Å²) in [5.74, 6) is -0.328. The van der Waals surface area contributed by atoms with Gasteiger partial charge in [0, 0.05) is 44.6 Å². The Kier molecular flexibility index (Phi) is 6.84. The molecular weight excluding hydrogens is 402 g/mol. The van der Waals surface area contributed by atoms with E-state index in [1.165, 1.54) is 36.0 Å². The number of nitriles is 1. The van der Waals surface area contributed by atoms with Crippen LogP contribution in [0.4, 0.5) is 5.69 Å². The standard InChI is InChI=1S/C21H23N5O3S/c22-14-18(15-24-19-6-8-20(9-7-19)30(23,28)29)21(27)26-12-10-25(11-13-26)16-17-4-2-1-3-5-17/h1-9,15,24H,10-13,16H2,(H2,23,28,29)/b18-15-. The number of carbonyl (C=O) groups excluding carboxylic acids is 1. The van der Waals surface area contributed by atoms with E-state index in [2.05, 4.69) is 22.3 Å². The molecule has 1 fully saturated rings. The van der Waals surface area contributed by atoms with Crippen molar-refractivity contribution >= 4 is 21.6 Å². The van der Waals surface area contributed by atoms with Crippen LogP contribution in [0.5, 0.6) is 0 Å². The molecule has 0 saturated carbocycles. The fourth-order valence-corrected chi connectivity index (χ4v) is 3.67. The van der Waals surface area contributed by atoms with Gasteiger partial charge in [-0.25, -0.2) is 13.6 Å². The first kappa shape index (κ1) is 21.5. The smallest absolute Gasteiger partial charge is 0.266 e. The monoisotopic (exact) mass is 425 g/mol. The number of benzene rings is 2. The van der Waals surface area contributed by atoms with Crippen LogP contribution in [-0.4, -0.2) is 50.3 Å². The number of rotatable bonds is 6. The molecule has 0 bridgehead atoms. The van der Waals surface area contributed by atoms with Crippen LogP contribution in [0.25, 0.3) is 0 Å². The van der Waals surface area contributed by atoms with Gasteiger partial charge in [0.1, 0.15) is 11.6 Å². The molecule has 2 aromatic carbocycles. The molecule has 0 aliphatic carbocycles. The number of primary sulfonamides is 1. The summed E-state index contributed by atoms with van der Waals surface area (Å²) in [4.78, 5) is 16.6. The molecule has 0 spiro atoms. The van der Waals surface area contributed by atoms with Crippen molar-refractivity contribution in [2.45, 2.75) is 11.4 Å². The second-order valence-electron chi connectivity index (χ2n) is 6.94. The second kappa shape index (κ2) is 9.54. The molecule has 1 aliphatic rings. The molecule has 1 aliphatic heterocycles. The number of hydrogen-bond donors (Lipinski definition) is 2. The van der Waals surface area contributed by atoms with E-state index >= 15 is 0 Å². The van der Waals surface area contributed by atoms with Crippen molar-refractivity contribution in [1.82, 2.24) is 9.80 Å². The molecule has 30 heavy (non-hydrogen) atoms. The highest BCUT2D eigenvalue weighted by molar-refractivity contribution is 7.89. The Hall–Kier alpha value is -3.19. The van der Waals surface area contributed by atoms with Gasteiger partial charge >= 0.3 is 0 Å².